The van der Waals surface area contributed by atoms with Gasteiger partial charge in [0.25, 0.3) is 11.8 Å². The lowest BCUT2D eigenvalue weighted by molar-refractivity contribution is -0.142. The number of nitrogens with one attached hydrogen (secondary N) is 2. The number of nitrogens with zero attached hydrogens (tertiary/aromatic N) is 9. The number of aldehydes is 1. The highest BCUT2D eigenvalue weighted by Crippen LogP contribution is 2.38. The Balaban J connectivity index is 0.000000421. The van der Waals surface area contributed by atoms with Crippen LogP contribution in [0.3, 0.4) is 0 Å². The SMILES string of the molecule is CC(C)(C)C#N.CC(C)(C)NC(=O)C(c1cccnc1)N(C(=O)[C@@H]1CCCN1C(=O)OC(C)(C)C)c1ccc(C(C)(C)C)cc1.CC(C)(C)NC(=O)C(c1cccnc1)N(C(=O)[C@@H]1CCCN1C(=O)OC(C)(C)C)c1ccc(C(C)(C)C)cc1.CC(C)(C)OC(=O)N1CCC[C@H]1C(=O)O.CC(C)(C)c1ccc(N)cc1.CO.O=Cc1cccnc1. The molecule has 6 heterocycles. The van der Waals surface area contributed by atoms with Crippen LogP contribution in [-0.2, 0) is 54.4 Å². The number of likely N-dealkylation sites (tertiary alicyclic amines) is 3. The number of aliphatic carboxylic acids is 1. The number of carbonyl (C=O) groups is 9. The zero-order valence-electron chi connectivity index (χ0n) is 76.6. The molecule has 7 amide bonds. The van der Waals surface area contributed by atoms with E-state index in [-0.39, 0.29) is 45.3 Å². The number of aromatic nitrogens is 3. The Labute approximate surface area is 714 Å². The van der Waals surface area contributed by atoms with Gasteiger partial charge in [-0.2, -0.15) is 5.26 Å². The van der Waals surface area contributed by atoms with Crippen molar-refractivity contribution in [3.8, 4) is 6.07 Å². The largest absolute Gasteiger partial charge is 0.480 e. The Hall–Kier alpha value is -10.8. The molecule has 2 unspecified atom stereocenters. The van der Waals surface area contributed by atoms with Gasteiger partial charge in [-0.15, -0.1) is 0 Å². The maximum Gasteiger partial charge on any atom is 0.411 e. The van der Waals surface area contributed by atoms with Crippen LogP contribution in [0.1, 0.15) is 276 Å². The minimum atomic E-state index is -0.994. The molecule has 3 aliphatic rings. The molecule has 26 nitrogen and oxygen atoms in total. The minimum Gasteiger partial charge on any atom is -0.480 e. The highest BCUT2D eigenvalue weighted by molar-refractivity contribution is 6.06. The number of ether oxygens (including phenoxy) is 3. The van der Waals surface area contributed by atoms with Crippen LogP contribution in [0.15, 0.2) is 146 Å². The number of carboxylic acids is 1. The second-order valence-electron chi connectivity index (χ2n) is 38.8. The smallest absolute Gasteiger partial charge is 0.411 e. The summed E-state index contributed by atoms with van der Waals surface area (Å²) in [5, 5.41) is 30.1. The van der Waals surface area contributed by atoms with E-state index in [2.05, 4.69) is 106 Å². The number of hydrogen-bond acceptors (Lipinski definition) is 18. The van der Waals surface area contributed by atoms with E-state index in [0.29, 0.717) is 79.8 Å². The van der Waals surface area contributed by atoms with Crippen LogP contribution in [-0.4, -0.2) is 167 Å². The fourth-order valence-corrected chi connectivity index (χ4v) is 12.3. The molecule has 26 heteroatoms. The summed E-state index contributed by atoms with van der Waals surface area (Å²) in [6.07, 6.45) is 12.3. The van der Waals surface area contributed by atoms with Gasteiger partial charge in [0, 0.05) is 114 Å². The highest BCUT2D eigenvalue weighted by atomic mass is 16.6. The van der Waals surface area contributed by atoms with Gasteiger partial charge >= 0.3 is 24.2 Å². The fourth-order valence-electron chi connectivity index (χ4n) is 12.3. The first-order chi connectivity index (χ1) is 55.3. The van der Waals surface area contributed by atoms with Gasteiger partial charge in [-0.25, -0.2) is 19.2 Å². The molecule has 0 radical (unpaired) electrons. The van der Waals surface area contributed by atoms with Gasteiger partial charge in [-0.1, -0.05) is 111 Å². The number of nitrogen functional groups attached to an aromatic ring is 1. The van der Waals surface area contributed by atoms with E-state index in [4.69, 9.17) is 35.4 Å². The molecule has 5 atom stereocenters. The molecule has 3 saturated heterocycles. The average molecular weight is 1660 g/mol. The summed E-state index contributed by atoms with van der Waals surface area (Å²) in [6, 6.07) is 31.9. The lowest BCUT2D eigenvalue weighted by Gasteiger charge is -2.37. The standard InChI is InChI=1S/2C31H44N4O4.C10H17NO4.C10H15N.C6H5NO.C5H9N.CH4O/c2*1-29(2,3)22-14-16-23(17-15-22)35(25(21-12-10-18-32-20-21)26(36)33-30(4,5)6)27(37)24-13-11-19-34(24)28(38)39-31(7,8)9;1-10(2,3)15-9(14)11-6-4-5-7(11)8(12)13;1-10(2,3)8-4-6-9(11)7-5-8;8-5-6-2-1-3-7-4-6;1-5(2,3)4-6;1-2/h2*10,12,14-18,20,24-25H,11,13,19H2,1-9H3,(H,33,36);7H,4-6H2,1-3H3,(H,12,13);4-7H,11H2,1-3H3;1-5H;1-3H3;2H,1H3/t2*24-,25?;7-;;;;/m000..../s1. The quantitative estimate of drug-likeness (QED) is 0.0431. The van der Waals surface area contributed by atoms with E-state index in [0.717, 1.165) is 36.6 Å². The van der Waals surface area contributed by atoms with Crippen LogP contribution < -0.4 is 26.2 Å². The van der Waals surface area contributed by atoms with Gasteiger partial charge < -0.3 is 40.8 Å². The molecule has 0 saturated carbocycles. The summed E-state index contributed by atoms with van der Waals surface area (Å²) in [5.74, 6) is -2.28. The summed E-state index contributed by atoms with van der Waals surface area (Å²) in [7, 11) is 1.00. The zero-order chi connectivity index (χ0) is 91.5. The maximum absolute atomic E-state index is 14.5. The van der Waals surface area contributed by atoms with Crippen molar-refractivity contribution in [3.63, 3.8) is 0 Å². The molecule has 658 valence electrons. The van der Waals surface area contributed by atoms with Gasteiger partial charge in [0.1, 0.15) is 47.0 Å². The Bertz CT molecular complexity index is 4100. The number of nitriles is 1. The van der Waals surface area contributed by atoms with Crippen LogP contribution in [0.5, 0.6) is 0 Å². The van der Waals surface area contributed by atoms with Crippen molar-refractivity contribution in [1.82, 2.24) is 40.3 Å². The van der Waals surface area contributed by atoms with Crippen LogP contribution >= 0.6 is 0 Å². The molecule has 3 fully saturated rings. The number of nitrogens with two attached hydrogens (primary N) is 1. The monoisotopic (exact) mass is 1660 g/mol. The second-order valence-corrected chi connectivity index (χ2v) is 38.8. The zero-order valence-corrected chi connectivity index (χ0v) is 76.6. The number of rotatable bonds is 12. The molecule has 0 spiro atoms. The predicted molar refractivity (Wildman–Crippen MR) is 473 cm³/mol. The second kappa shape index (κ2) is 44.5. The molecule has 0 bridgehead atoms. The third kappa shape index (κ3) is 35.2. The summed E-state index contributed by atoms with van der Waals surface area (Å²) < 4.78 is 16.4. The van der Waals surface area contributed by atoms with Gasteiger partial charge in [0.2, 0.25) is 11.8 Å². The highest BCUT2D eigenvalue weighted by Gasteiger charge is 2.46. The summed E-state index contributed by atoms with van der Waals surface area (Å²) in [4.78, 5) is 135. The average Bonchev–Trinajstić information content (AvgIpc) is 1.31. The fraction of sp³-hybridized carbons (Fsp3) is 0.543. The summed E-state index contributed by atoms with van der Waals surface area (Å²) >= 11 is 0. The van der Waals surface area contributed by atoms with Crippen molar-refractivity contribution in [2.75, 3.05) is 42.3 Å². The van der Waals surface area contributed by atoms with E-state index < -0.39 is 82.3 Å². The first kappa shape index (κ1) is 103. The van der Waals surface area contributed by atoms with E-state index >= 15 is 0 Å². The Morgan fingerprint density at radius 1 is 0.458 bits per heavy atom. The Morgan fingerprint density at radius 3 is 0.975 bits per heavy atom. The van der Waals surface area contributed by atoms with E-state index in [9.17, 15) is 43.2 Å². The van der Waals surface area contributed by atoms with Gasteiger partial charge in [0.15, 0.2) is 6.29 Å². The number of carboxylic acid groups (broad SMARTS) is 1. The van der Waals surface area contributed by atoms with Gasteiger partial charge in [0.05, 0.1) is 6.07 Å². The van der Waals surface area contributed by atoms with E-state index in [1.54, 1.807) is 130 Å². The van der Waals surface area contributed by atoms with Crippen molar-refractivity contribution in [2.45, 2.75) is 300 Å². The number of aliphatic hydroxyl groups is 1. The number of hydrogen-bond donors (Lipinski definition) is 5. The topological polar surface area (TPSA) is 351 Å². The first-order valence-corrected chi connectivity index (χ1v) is 40.9. The molecular weight excluding hydrogens is 1520 g/mol. The molecule has 6 aromatic rings. The predicted octanol–water partition coefficient (Wildman–Crippen LogP) is 17.6. The Morgan fingerprint density at radius 2 is 0.742 bits per heavy atom. The summed E-state index contributed by atoms with van der Waals surface area (Å²) in [6.45, 7) is 53.7. The van der Waals surface area contributed by atoms with Crippen molar-refractivity contribution >= 4 is 71.2 Å². The van der Waals surface area contributed by atoms with Crippen LogP contribution in [0.25, 0.3) is 0 Å². The van der Waals surface area contributed by atoms with E-state index in [1.807, 2.05) is 123 Å². The third-order valence-electron chi connectivity index (χ3n) is 17.9. The molecule has 120 heavy (non-hydrogen) atoms. The number of amides is 7. The van der Waals surface area contributed by atoms with Crippen molar-refractivity contribution < 1.29 is 67.6 Å². The van der Waals surface area contributed by atoms with Crippen LogP contribution in [0, 0.1) is 16.7 Å². The first-order valence-electron chi connectivity index (χ1n) is 40.9. The minimum absolute atomic E-state index is 0.0846. The number of aliphatic hydroxyl groups excluding tert-OH is 1. The number of benzene rings is 3. The molecule has 3 aromatic heterocycles. The molecule has 9 rings (SSSR count). The van der Waals surface area contributed by atoms with Crippen molar-refractivity contribution in [3.05, 3.63) is 180 Å². The van der Waals surface area contributed by atoms with Gasteiger partial charge in [-0.05, 0) is 257 Å². The number of carbonyl (C=O) groups excluding carboxylic acids is 8. The lowest BCUT2D eigenvalue weighted by atomic mass is 9.87. The van der Waals surface area contributed by atoms with Crippen molar-refractivity contribution in [1.29, 1.82) is 5.26 Å². The van der Waals surface area contributed by atoms with Crippen LogP contribution in [0.2, 0.25) is 0 Å². The molecule has 3 aromatic carbocycles. The Kier molecular flexibility index (Phi) is 38.3. The maximum atomic E-state index is 14.5. The molecule has 3 aliphatic heterocycles. The molecular formula is C94H138N12O14. The number of anilines is 3. The van der Waals surface area contributed by atoms with E-state index in [1.165, 1.54) is 36.3 Å². The molecule has 0 aliphatic carbocycles. The van der Waals surface area contributed by atoms with Crippen molar-refractivity contribution in [2.24, 2.45) is 5.41 Å². The summed E-state index contributed by atoms with van der Waals surface area (Å²) in [5.41, 5.74) is 9.73. The third-order valence-corrected chi connectivity index (χ3v) is 17.9. The van der Waals surface area contributed by atoms with Gasteiger partial charge in [-0.3, -0.25) is 63.4 Å². The van der Waals surface area contributed by atoms with Crippen LogP contribution in [0.4, 0.5) is 31.4 Å². The number of pyridine rings is 3. The lowest BCUT2D eigenvalue weighted by Crippen LogP contribution is -2.54. The normalized spacial score (nSPS) is 15.9. The molecule has 6 N–H and O–H groups in total.